The summed E-state index contributed by atoms with van der Waals surface area (Å²) in [6, 6.07) is 13.7. The fourth-order valence-electron chi connectivity index (χ4n) is 1.69. The summed E-state index contributed by atoms with van der Waals surface area (Å²) in [4.78, 5) is 1.90. The Labute approximate surface area is 128 Å². The van der Waals surface area contributed by atoms with Crippen LogP contribution in [0, 0.1) is 5.82 Å². The van der Waals surface area contributed by atoms with Crippen LogP contribution >= 0.6 is 23.8 Å². The Hall–Kier alpha value is -1.65. The summed E-state index contributed by atoms with van der Waals surface area (Å²) in [7, 11) is 1.90. The largest absolute Gasteiger partial charge is 0.348 e. The first-order valence-corrected chi connectivity index (χ1v) is 6.85. The fourth-order valence-corrected chi connectivity index (χ4v) is 2.00. The smallest absolute Gasteiger partial charge is 0.173 e. The van der Waals surface area contributed by atoms with Crippen molar-refractivity contribution < 1.29 is 4.39 Å². The van der Waals surface area contributed by atoms with Crippen LogP contribution in [0.2, 0.25) is 5.02 Å². The van der Waals surface area contributed by atoms with Crippen LogP contribution in [0.15, 0.2) is 48.5 Å². The summed E-state index contributed by atoms with van der Waals surface area (Å²) >= 11 is 11.2. The molecule has 0 aromatic heterocycles. The fraction of sp³-hybridized carbons (Fsp3) is 0.133. The minimum atomic E-state index is -0.268. The van der Waals surface area contributed by atoms with E-state index in [0.29, 0.717) is 16.7 Å². The number of hydrogen-bond acceptors (Lipinski definition) is 1. The Kier molecular flexibility index (Phi) is 4.93. The van der Waals surface area contributed by atoms with E-state index in [1.165, 1.54) is 12.1 Å². The molecule has 0 saturated carbocycles. The average Bonchev–Trinajstić information content (AvgIpc) is 2.44. The molecule has 2 aromatic rings. The van der Waals surface area contributed by atoms with Gasteiger partial charge in [-0.15, -0.1) is 0 Å². The minimum absolute atomic E-state index is 0.268. The first-order chi connectivity index (χ1) is 9.54. The maximum Gasteiger partial charge on any atom is 0.173 e. The van der Waals surface area contributed by atoms with Gasteiger partial charge in [-0.2, -0.15) is 0 Å². The van der Waals surface area contributed by atoms with Crippen LogP contribution < -0.4 is 5.32 Å². The molecule has 5 heteroatoms. The van der Waals surface area contributed by atoms with Crippen molar-refractivity contribution in [2.45, 2.75) is 6.54 Å². The van der Waals surface area contributed by atoms with Crippen molar-refractivity contribution in [3.8, 4) is 0 Å². The zero-order valence-corrected chi connectivity index (χ0v) is 12.5. The molecule has 0 heterocycles. The third kappa shape index (κ3) is 4.18. The van der Waals surface area contributed by atoms with Crippen molar-refractivity contribution in [1.82, 2.24) is 4.90 Å². The van der Waals surface area contributed by atoms with Crippen molar-refractivity contribution in [2.24, 2.45) is 0 Å². The zero-order valence-electron chi connectivity index (χ0n) is 10.9. The average molecular weight is 309 g/mol. The van der Waals surface area contributed by atoms with Gasteiger partial charge in [-0.1, -0.05) is 23.7 Å². The number of halogens is 2. The third-order valence-corrected chi connectivity index (χ3v) is 3.44. The summed E-state index contributed by atoms with van der Waals surface area (Å²) < 4.78 is 12.8. The van der Waals surface area contributed by atoms with Crippen molar-refractivity contribution >= 4 is 34.6 Å². The molecule has 104 valence electrons. The molecule has 0 aliphatic carbocycles. The highest BCUT2D eigenvalue weighted by atomic mass is 35.5. The molecule has 2 nitrogen and oxygen atoms in total. The Bertz CT molecular complexity index is 584. The van der Waals surface area contributed by atoms with Gasteiger partial charge in [0.1, 0.15) is 5.82 Å². The van der Waals surface area contributed by atoms with E-state index in [-0.39, 0.29) is 5.82 Å². The molecular weight excluding hydrogens is 295 g/mol. The van der Waals surface area contributed by atoms with Gasteiger partial charge in [-0.05, 0) is 54.2 Å². The lowest BCUT2D eigenvalue weighted by Crippen LogP contribution is -2.30. The number of hydrogen-bond donors (Lipinski definition) is 1. The Balaban J connectivity index is 1.94. The van der Waals surface area contributed by atoms with Gasteiger partial charge < -0.3 is 10.2 Å². The molecule has 0 aliphatic heterocycles. The van der Waals surface area contributed by atoms with Gasteiger partial charge in [0.15, 0.2) is 5.11 Å². The van der Waals surface area contributed by atoms with Crippen molar-refractivity contribution in [3.05, 3.63) is 64.9 Å². The highest BCUT2D eigenvalue weighted by Crippen LogP contribution is 2.13. The van der Waals surface area contributed by atoms with Crippen LogP contribution in [0.3, 0.4) is 0 Å². The molecule has 0 bridgehead atoms. The predicted molar refractivity (Wildman–Crippen MR) is 85.5 cm³/mol. The van der Waals surface area contributed by atoms with Gasteiger partial charge in [0.2, 0.25) is 0 Å². The normalized spacial score (nSPS) is 10.2. The molecule has 0 fully saturated rings. The van der Waals surface area contributed by atoms with Crippen molar-refractivity contribution in [2.75, 3.05) is 12.4 Å². The molecule has 0 aliphatic rings. The van der Waals surface area contributed by atoms with Crippen LogP contribution in [0.25, 0.3) is 0 Å². The summed E-state index contributed by atoms with van der Waals surface area (Å²) in [5.74, 6) is -0.268. The van der Waals surface area contributed by atoms with E-state index in [1.807, 2.05) is 36.2 Å². The second-order valence-corrected chi connectivity index (χ2v) is 5.24. The standard InChI is InChI=1S/C15H14ClFN2S/c1-19(10-11-2-4-12(16)5-3-11)15(20)18-14-8-6-13(17)7-9-14/h2-9H,10H2,1H3,(H,18,20). The Morgan fingerprint density at radius 2 is 1.75 bits per heavy atom. The van der Waals surface area contributed by atoms with Crippen molar-refractivity contribution in [1.29, 1.82) is 0 Å². The molecule has 0 atom stereocenters. The third-order valence-electron chi connectivity index (χ3n) is 2.78. The van der Waals surface area contributed by atoms with Crippen molar-refractivity contribution in [3.63, 3.8) is 0 Å². The van der Waals surface area contributed by atoms with Crippen LogP contribution in [0.4, 0.5) is 10.1 Å². The van der Waals surface area contributed by atoms with E-state index in [9.17, 15) is 4.39 Å². The predicted octanol–water partition coefficient (Wildman–Crippen LogP) is 4.31. The minimum Gasteiger partial charge on any atom is -0.348 e. The second-order valence-electron chi connectivity index (χ2n) is 4.42. The first kappa shape index (κ1) is 14.8. The highest BCUT2D eigenvalue weighted by Gasteiger charge is 2.05. The summed E-state index contributed by atoms with van der Waals surface area (Å²) in [5.41, 5.74) is 1.87. The molecule has 0 radical (unpaired) electrons. The number of thiocarbonyl (C=S) groups is 1. The molecular formula is C15H14ClFN2S. The molecule has 1 N–H and O–H groups in total. The summed E-state index contributed by atoms with van der Waals surface area (Å²) in [6.45, 7) is 0.671. The molecule has 0 saturated heterocycles. The van der Waals surface area contributed by atoms with E-state index in [2.05, 4.69) is 5.32 Å². The number of rotatable bonds is 3. The van der Waals surface area contributed by atoms with E-state index in [1.54, 1.807) is 12.1 Å². The number of benzene rings is 2. The van der Waals surface area contributed by atoms with E-state index in [4.69, 9.17) is 23.8 Å². The highest BCUT2D eigenvalue weighted by molar-refractivity contribution is 7.80. The number of nitrogens with one attached hydrogen (secondary N) is 1. The lowest BCUT2D eigenvalue weighted by molar-refractivity contribution is 0.508. The molecule has 0 amide bonds. The lowest BCUT2D eigenvalue weighted by atomic mass is 10.2. The topological polar surface area (TPSA) is 15.3 Å². The molecule has 20 heavy (non-hydrogen) atoms. The zero-order chi connectivity index (χ0) is 14.5. The van der Waals surface area contributed by atoms with Gasteiger partial charge in [-0.25, -0.2) is 4.39 Å². The van der Waals surface area contributed by atoms with Gasteiger partial charge in [0.25, 0.3) is 0 Å². The Morgan fingerprint density at radius 3 is 2.35 bits per heavy atom. The number of nitrogens with zero attached hydrogens (tertiary/aromatic N) is 1. The quantitative estimate of drug-likeness (QED) is 0.851. The van der Waals surface area contributed by atoms with Crippen LogP contribution in [0.5, 0.6) is 0 Å². The molecule has 2 rings (SSSR count). The molecule has 0 unspecified atom stereocenters. The van der Waals surface area contributed by atoms with Crippen LogP contribution in [0.1, 0.15) is 5.56 Å². The van der Waals surface area contributed by atoms with Gasteiger partial charge in [0, 0.05) is 24.3 Å². The summed E-state index contributed by atoms with van der Waals surface area (Å²) in [6.07, 6.45) is 0. The number of anilines is 1. The Morgan fingerprint density at radius 1 is 1.15 bits per heavy atom. The van der Waals surface area contributed by atoms with E-state index >= 15 is 0 Å². The SMILES string of the molecule is CN(Cc1ccc(Cl)cc1)C(=S)Nc1ccc(F)cc1. The maximum atomic E-state index is 12.8. The first-order valence-electron chi connectivity index (χ1n) is 6.07. The maximum absolute atomic E-state index is 12.8. The van der Waals surface area contributed by atoms with Gasteiger partial charge in [0.05, 0.1) is 0 Å². The second kappa shape index (κ2) is 6.68. The summed E-state index contributed by atoms with van der Waals surface area (Å²) in [5, 5.41) is 4.35. The van der Waals surface area contributed by atoms with Gasteiger partial charge in [-0.3, -0.25) is 0 Å². The van der Waals surface area contributed by atoms with E-state index in [0.717, 1.165) is 11.3 Å². The molecule has 0 spiro atoms. The molecule has 2 aromatic carbocycles. The van der Waals surface area contributed by atoms with Gasteiger partial charge >= 0.3 is 0 Å². The van der Waals surface area contributed by atoms with Crippen LogP contribution in [-0.2, 0) is 6.54 Å². The lowest BCUT2D eigenvalue weighted by Gasteiger charge is -2.21. The van der Waals surface area contributed by atoms with E-state index < -0.39 is 0 Å². The monoisotopic (exact) mass is 308 g/mol. The van der Waals surface area contributed by atoms with Crippen LogP contribution in [-0.4, -0.2) is 17.1 Å².